The Morgan fingerprint density at radius 2 is 1.67 bits per heavy atom. The standard InChI is InChI=1S/C16H22NP/c1-5-18(16(2,3)4)15-12-9-13-17(15)14-10-7-6-8-11-14/h6-13H,5H2,1-4H3. The Balaban J connectivity index is 2.45. The van der Waals surface area contributed by atoms with Gasteiger partial charge in [0.15, 0.2) is 0 Å². The van der Waals surface area contributed by atoms with Gasteiger partial charge >= 0.3 is 0 Å². The van der Waals surface area contributed by atoms with E-state index >= 15 is 0 Å². The van der Waals surface area contributed by atoms with Crippen molar-refractivity contribution in [1.82, 2.24) is 4.57 Å². The molecule has 2 heteroatoms. The smallest absolute Gasteiger partial charge is 0.0464 e. The Hall–Kier alpha value is -1.07. The fourth-order valence-corrected chi connectivity index (χ4v) is 5.05. The van der Waals surface area contributed by atoms with Crippen LogP contribution in [0.25, 0.3) is 5.69 Å². The normalized spacial score (nSPS) is 13.6. The molecule has 0 amide bonds. The number of hydrogen-bond acceptors (Lipinski definition) is 0. The van der Waals surface area contributed by atoms with Crippen molar-refractivity contribution < 1.29 is 0 Å². The molecule has 2 aromatic rings. The van der Waals surface area contributed by atoms with Gasteiger partial charge in [0.05, 0.1) is 0 Å². The Labute approximate surface area is 112 Å². The maximum absolute atomic E-state index is 2.35. The summed E-state index contributed by atoms with van der Waals surface area (Å²) < 4.78 is 2.35. The summed E-state index contributed by atoms with van der Waals surface area (Å²) in [6.07, 6.45) is 3.41. The van der Waals surface area contributed by atoms with Gasteiger partial charge in [-0.1, -0.05) is 53.8 Å². The van der Waals surface area contributed by atoms with Gasteiger partial charge in [-0.2, -0.15) is 0 Å². The van der Waals surface area contributed by atoms with Crippen LogP contribution in [-0.2, 0) is 0 Å². The largest absolute Gasteiger partial charge is 0.317 e. The van der Waals surface area contributed by atoms with Crippen molar-refractivity contribution >= 4 is 13.4 Å². The van der Waals surface area contributed by atoms with Crippen LogP contribution in [0, 0.1) is 0 Å². The molecule has 0 saturated carbocycles. The highest BCUT2D eigenvalue weighted by Crippen LogP contribution is 2.48. The van der Waals surface area contributed by atoms with Crippen LogP contribution in [-0.4, -0.2) is 15.9 Å². The first-order valence-electron chi connectivity index (χ1n) is 6.54. The van der Waals surface area contributed by atoms with Crippen LogP contribution in [0.15, 0.2) is 48.7 Å². The summed E-state index contributed by atoms with van der Waals surface area (Å²) in [6.45, 7) is 9.36. The zero-order chi connectivity index (χ0) is 13.2. The first-order chi connectivity index (χ1) is 8.54. The van der Waals surface area contributed by atoms with Crippen molar-refractivity contribution in [2.24, 2.45) is 0 Å². The lowest BCUT2D eigenvalue weighted by Crippen LogP contribution is -2.24. The highest BCUT2D eigenvalue weighted by molar-refractivity contribution is 7.66. The van der Waals surface area contributed by atoms with Gasteiger partial charge in [-0.25, -0.2) is 0 Å². The average Bonchev–Trinajstić information content (AvgIpc) is 2.78. The molecule has 0 N–H and O–H groups in total. The molecule has 0 fully saturated rings. The molecule has 0 aliphatic rings. The van der Waals surface area contributed by atoms with E-state index in [1.165, 1.54) is 17.3 Å². The molecule has 1 aromatic heterocycles. The van der Waals surface area contributed by atoms with Crippen LogP contribution < -0.4 is 5.44 Å². The summed E-state index contributed by atoms with van der Waals surface area (Å²) in [7, 11) is -0.139. The number of aromatic nitrogens is 1. The molecule has 96 valence electrons. The van der Waals surface area contributed by atoms with Gasteiger partial charge in [-0.05, 0) is 35.6 Å². The lowest BCUT2D eigenvalue weighted by Gasteiger charge is -2.31. The van der Waals surface area contributed by atoms with Gasteiger partial charge in [0.1, 0.15) is 0 Å². The summed E-state index contributed by atoms with van der Waals surface area (Å²) in [5, 5.41) is 0.356. The first kappa shape index (κ1) is 13.4. The Kier molecular flexibility index (Phi) is 3.92. The van der Waals surface area contributed by atoms with Crippen molar-refractivity contribution in [2.75, 3.05) is 6.16 Å². The number of nitrogens with zero attached hydrogens (tertiary/aromatic N) is 1. The minimum absolute atomic E-state index is 0.139. The third-order valence-electron chi connectivity index (χ3n) is 3.16. The maximum Gasteiger partial charge on any atom is 0.0464 e. The summed E-state index contributed by atoms with van der Waals surface area (Å²) in [4.78, 5) is 0. The molecule has 0 bridgehead atoms. The minimum atomic E-state index is -0.139. The van der Waals surface area contributed by atoms with E-state index in [2.05, 4.69) is 80.9 Å². The number of hydrogen-bond donors (Lipinski definition) is 0. The quantitative estimate of drug-likeness (QED) is 0.720. The molecule has 0 aliphatic heterocycles. The molecule has 1 nitrogen and oxygen atoms in total. The minimum Gasteiger partial charge on any atom is -0.317 e. The molecule has 0 aliphatic carbocycles. The molecular formula is C16H22NP. The molecule has 0 radical (unpaired) electrons. The second-order valence-electron chi connectivity index (χ2n) is 5.49. The Bertz CT molecular complexity index is 493. The number of benzene rings is 1. The molecule has 18 heavy (non-hydrogen) atoms. The third kappa shape index (κ3) is 2.67. The molecule has 2 rings (SSSR count). The van der Waals surface area contributed by atoms with E-state index in [1.54, 1.807) is 0 Å². The van der Waals surface area contributed by atoms with Crippen LogP contribution in [0.1, 0.15) is 27.7 Å². The van der Waals surface area contributed by atoms with Crippen molar-refractivity contribution in [3.05, 3.63) is 48.7 Å². The predicted octanol–water partition coefficient (Wildman–Crippen LogP) is 4.40. The fraction of sp³-hybridized carbons (Fsp3) is 0.375. The van der Waals surface area contributed by atoms with Gasteiger partial charge < -0.3 is 4.57 Å². The van der Waals surface area contributed by atoms with E-state index < -0.39 is 0 Å². The molecular weight excluding hydrogens is 237 g/mol. The Morgan fingerprint density at radius 1 is 1.00 bits per heavy atom. The summed E-state index contributed by atoms with van der Waals surface area (Å²) in [6, 6.07) is 15.1. The van der Waals surface area contributed by atoms with E-state index in [0.717, 1.165) is 0 Å². The number of para-hydroxylation sites is 1. The molecule has 1 heterocycles. The van der Waals surface area contributed by atoms with Crippen molar-refractivity contribution in [2.45, 2.75) is 32.9 Å². The molecule has 1 atom stereocenters. The fourth-order valence-electron chi connectivity index (χ4n) is 2.38. The van der Waals surface area contributed by atoms with Crippen molar-refractivity contribution in [1.29, 1.82) is 0 Å². The molecule has 0 saturated heterocycles. The monoisotopic (exact) mass is 259 g/mol. The van der Waals surface area contributed by atoms with E-state index in [-0.39, 0.29) is 7.92 Å². The van der Waals surface area contributed by atoms with Crippen LogP contribution in [0.2, 0.25) is 0 Å². The van der Waals surface area contributed by atoms with Crippen LogP contribution >= 0.6 is 7.92 Å². The maximum atomic E-state index is 2.35. The van der Waals surface area contributed by atoms with Gasteiger partial charge in [-0.3, -0.25) is 0 Å². The van der Waals surface area contributed by atoms with Crippen molar-refractivity contribution in [3.8, 4) is 5.69 Å². The van der Waals surface area contributed by atoms with E-state index in [1.807, 2.05) is 0 Å². The van der Waals surface area contributed by atoms with E-state index in [0.29, 0.717) is 5.16 Å². The third-order valence-corrected chi connectivity index (χ3v) is 6.33. The van der Waals surface area contributed by atoms with Crippen LogP contribution in [0.4, 0.5) is 0 Å². The van der Waals surface area contributed by atoms with Gasteiger partial charge in [0, 0.05) is 17.3 Å². The molecule has 0 spiro atoms. The van der Waals surface area contributed by atoms with Gasteiger partial charge in [0.25, 0.3) is 0 Å². The highest BCUT2D eigenvalue weighted by Gasteiger charge is 2.26. The Morgan fingerprint density at radius 3 is 2.22 bits per heavy atom. The zero-order valence-electron chi connectivity index (χ0n) is 11.7. The number of rotatable bonds is 3. The lowest BCUT2D eigenvalue weighted by atomic mass is 10.3. The van der Waals surface area contributed by atoms with Crippen LogP contribution in [0.3, 0.4) is 0 Å². The van der Waals surface area contributed by atoms with E-state index in [9.17, 15) is 0 Å². The highest BCUT2D eigenvalue weighted by atomic mass is 31.1. The second-order valence-corrected chi connectivity index (χ2v) is 8.78. The lowest BCUT2D eigenvalue weighted by molar-refractivity contribution is 0.785. The van der Waals surface area contributed by atoms with Crippen molar-refractivity contribution in [3.63, 3.8) is 0 Å². The van der Waals surface area contributed by atoms with Gasteiger partial charge in [-0.15, -0.1) is 0 Å². The van der Waals surface area contributed by atoms with Crippen LogP contribution in [0.5, 0.6) is 0 Å². The second kappa shape index (κ2) is 5.28. The molecule has 1 unspecified atom stereocenters. The summed E-state index contributed by atoms with van der Waals surface area (Å²) >= 11 is 0. The summed E-state index contributed by atoms with van der Waals surface area (Å²) in [5.41, 5.74) is 2.74. The zero-order valence-corrected chi connectivity index (χ0v) is 12.6. The topological polar surface area (TPSA) is 4.93 Å². The first-order valence-corrected chi connectivity index (χ1v) is 8.07. The van der Waals surface area contributed by atoms with E-state index in [4.69, 9.17) is 0 Å². The summed E-state index contributed by atoms with van der Waals surface area (Å²) in [5.74, 6) is 0. The predicted molar refractivity (Wildman–Crippen MR) is 82.6 cm³/mol. The average molecular weight is 259 g/mol. The van der Waals surface area contributed by atoms with Gasteiger partial charge in [0.2, 0.25) is 0 Å². The molecule has 1 aromatic carbocycles. The SMILES string of the molecule is CCP(c1cccn1-c1ccccc1)C(C)(C)C.